The minimum Gasteiger partial charge on any atom is -0.396 e. The Morgan fingerprint density at radius 3 is 1.58 bits per heavy atom. The van der Waals surface area contributed by atoms with Crippen molar-refractivity contribution in [3.63, 3.8) is 0 Å². The zero-order valence-electron chi connectivity index (χ0n) is 7.20. The Balaban J connectivity index is 0. The van der Waals surface area contributed by atoms with Gasteiger partial charge in [-0.3, -0.25) is 0 Å². The Morgan fingerprint density at radius 2 is 1.58 bits per heavy atom. The van der Waals surface area contributed by atoms with Crippen LogP contribution in [0.3, 0.4) is 0 Å². The van der Waals surface area contributed by atoms with Gasteiger partial charge in [0.05, 0.1) is 0 Å². The fourth-order valence-electron chi connectivity index (χ4n) is 0.389. The lowest BCUT2D eigenvalue weighted by Gasteiger charge is -2.10. The van der Waals surface area contributed by atoms with E-state index in [-0.39, 0.29) is 13.2 Å². The molecular weight excluding hydrogens is 275 g/mol. The first-order valence-electron chi connectivity index (χ1n) is 3.83. The van der Waals surface area contributed by atoms with E-state index in [1.54, 1.807) is 22.6 Å². The normalized spacial score (nSPS) is 10.5. The van der Waals surface area contributed by atoms with Gasteiger partial charge < -0.3 is 20.4 Å². The Bertz CT molecular complexity index is 80.0. The molecule has 5 heteroatoms. The fourth-order valence-corrected chi connectivity index (χ4v) is 0.928. The van der Waals surface area contributed by atoms with Crippen LogP contribution in [-0.4, -0.2) is 37.4 Å². The molecule has 76 valence electrons. The lowest BCUT2D eigenvalue weighted by atomic mass is 10.3. The fraction of sp³-hybridized carbons (Fsp3) is 1.00. The molecule has 0 fully saturated rings. The molecule has 0 aromatic carbocycles. The van der Waals surface area contributed by atoms with Crippen LogP contribution in [0.5, 0.6) is 0 Å². The summed E-state index contributed by atoms with van der Waals surface area (Å²) in [5.74, 6) is 0. The van der Waals surface area contributed by atoms with Crippen LogP contribution in [0.4, 0.5) is 0 Å². The van der Waals surface area contributed by atoms with Crippen molar-refractivity contribution in [2.45, 2.75) is 30.0 Å². The van der Waals surface area contributed by atoms with E-state index in [4.69, 9.17) is 20.4 Å². The highest BCUT2D eigenvalue weighted by Gasteiger charge is 2.14. The average molecular weight is 292 g/mol. The summed E-state index contributed by atoms with van der Waals surface area (Å²) < 4.78 is -1.48. The second kappa shape index (κ2) is 9.66. The molecule has 0 aliphatic carbocycles. The topological polar surface area (TPSA) is 80.9 Å². The molecule has 0 amide bonds. The van der Waals surface area contributed by atoms with Crippen molar-refractivity contribution >= 4 is 22.6 Å². The van der Waals surface area contributed by atoms with Gasteiger partial charge in [-0.25, -0.2) is 0 Å². The minimum absolute atomic E-state index is 0.0938. The number of hydrogen-bond donors (Lipinski definition) is 4. The highest BCUT2D eigenvalue weighted by molar-refractivity contribution is 14.1. The zero-order valence-corrected chi connectivity index (χ0v) is 9.36. The molecule has 0 radical (unpaired) electrons. The SMILES string of the molecule is CCCC(O)(O)I.OCCCO. The molecule has 0 aliphatic heterocycles. The largest absolute Gasteiger partial charge is 0.396 e. The van der Waals surface area contributed by atoms with Crippen LogP contribution in [0.2, 0.25) is 0 Å². The van der Waals surface area contributed by atoms with Gasteiger partial charge in [-0.15, -0.1) is 0 Å². The number of rotatable bonds is 4. The molecule has 12 heavy (non-hydrogen) atoms. The van der Waals surface area contributed by atoms with Crippen molar-refractivity contribution in [2.75, 3.05) is 13.2 Å². The maximum atomic E-state index is 8.56. The third-order valence-corrected chi connectivity index (χ3v) is 1.42. The number of hydrogen-bond acceptors (Lipinski definition) is 4. The smallest absolute Gasteiger partial charge is 0.216 e. The molecule has 0 bridgehead atoms. The summed E-state index contributed by atoms with van der Waals surface area (Å²) in [7, 11) is 0. The summed E-state index contributed by atoms with van der Waals surface area (Å²) in [4.78, 5) is 0. The third kappa shape index (κ3) is 22.4. The van der Waals surface area contributed by atoms with Crippen LogP contribution in [-0.2, 0) is 0 Å². The van der Waals surface area contributed by atoms with Crippen LogP contribution in [0, 0.1) is 0 Å². The van der Waals surface area contributed by atoms with Crippen molar-refractivity contribution in [1.29, 1.82) is 0 Å². The average Bonchev–Trinajstić information content (AvgIpc) is 1.87. The van der Waals surface area contributed by atoms with E-state index in [9.17, 15) is 0 Å². The van der Waals surface area contributed by atoms with Gasteiger partial charge in [0.2, 0.25) is 3.79 Å². The van der Waals surface area contributed by atoms with Crippen molar-refractivity contribution in [3.8, 4) is 0 Å². The Kier molecular flexibility index (Phi) is 12.1. The molecule has 4 N–H and O–H groups in total. The summed E-state index contributed by atoms with van der Waals surface area (Å²) in [6.07, 6.45) is 1.74. The Labute approximate surface area is 86.4 Å². The first-order chi connectivity index (χ1) is 5.47. The number of alkyl halides is 1. The number of aliphatic hydroxyl groups is 4. The number of halogens is 1. The highest BCUT2D eigenvalue weighted by atomic mass is 127. The molecule has 0 saturated heterocycles. The monoisotopic (exact) mass is 292 g/mol. The van der Waals surface area contributed by atoms with E-state index < -0.39 is 3.79 Å². The summed E-state index contributed by atoms with van der Waals surface area (Å²) in [5.41, 5.74) is 0. The molecule has 0 unspecified atom stereocenters. The second-order valence-electron chi connectivity index (χ2n) is 2.27. The van der Waals surface area contributed by atoms with E-state index in [0.717, 1.165) is 6.42 Å². The molecule has 0 atom stereocenters. The van der Waals surface area contributed by atoms with E-state index in [0.29, 0.717) is 12.8 Å². The first kappa shape index (κ1) is 15.1. The molecule has 0 spiro atoms. The summed E-state index contributed by atoms with van der Waals surface area (Å²) in [6, 6.07) is 0. The van der Waals surface area contributed by atoms with Gasteiger partial charge in [0.1, 0.15) is 0 Å². The molecule has 0 rings (SSSR count). The molecule has 0 aromatic rings. The maximum Gasteiger partial charge on any atom is 0.216 e. The van der Waals surface area contributed by atoms with E-state index in [1.807, 2.05) is 6.92 Å². The standard InChI is InChI=1S/C4H9IO2.C3H8O2/c1-2-3-4(5,6)7;4-2-1-3-5/h6-7H,2-3H2,1H3;4-5H,1-3H2. The Hall–Kier alpha value is 0.570. The summed E-state index contributed by atoms with van der Waals surface area (Å²) >= 11 is 1.59. The van der Waals surface area contributed by atoms with Crippen molar-refractivity contribution in [2.24, 2.45) is 0 Å². The van der Waals surface area contributed by atoms with E-state index in [2.05, 4.69) is 0 Å². The van der Waals surface area contributed by atoms with Crippen LogP contribution in [0.25, 0.3) is 0 Å². The summed E-state index contributed by atoms with van der Waals surface area (Å²) in [6.45, 7) is 2.09. The first-order valence-corrected chi connectivity index (χ1v) is 4.91. The van der Waals surface area contributed by atoms with Gasteiger partial charge in [-0.2, -0.15) is 0 Å². The number of aliphatic hydroxyl groups excluding tert-OH is 2. The molecule has 0 aliphatic rings. The zero-order chi connectivity index (χ0) is 10.0. The van der Waals surface area contributed by atoms with Gasteiger partial charge in [-0.05, 0) is 29.0 Å². The van der Waals surface area contributed by atoms with Crippen molar-refractivity contribution in [3.05, 3.63) is 0 Å². The van der Waals surface area contributed by atoms with E-state index >= 15 is 0 Å². The van der Waals surface area contributed by atoms with Gasteiger partial charge in [0.15, 0.2) is 0 Å². The second-order valence-corrected chi connectivity index (χ2v) is 4.00. The van der Waals surface area contributed by atoms with Gasteiger partial charge >= 0.3 is 0 Å². The van der Waals surface area contributed by atoms with Gasteiger partial charge in [-0.1, -0.05) is 13.3 Å². The lowest BCUT2D eigenvalue weighted by molar-refractivity contribution is -0.0636. The lowest BCUT2D eigenvalue weighted by Crippen LogP contribution is -2.16. The van der Waals surface area contributed by atoms with Gasteiger partial charge in [0.25, 0.3) is 0 Å². The predicted octanol–water partition coefficient (Wildman–Crippen LogP) is 0.221. The molecule has 4 nitrogen and oxygen atoms in total. The third-order valence-electron chi connectivity index (χ3n) is 0.884. The van der Waals surface area contributed by atoms with Gasteiger partial charge in [0, 0.05) is 19.6 Å². The quantitative estimate of drug-likeness (QED) is 0.339. The van der Waals surface area contributed by atoms with Crippen LogP contribution >= 0.6 is 22.6 Å². The minimum atomic E-state index is -1.48. The van der Waals surface area contributed by atoms with Crippen molar-refractivity contribution < 1.29 is 20.4 Å². The van der Waals surface area contributed by atoms with Crippen LogP contribution in [0.1, 0.15) is 26.2 Å². The van der Waals surface area contributed by atoms with Crippen molar-refractivity contribution in [1.82, 2.24) is 0 Å². The van der Waals surface area contributed by atoms with Crippen LogP contribution in [0.15, 0.2) is 0 Å². The predicted molar refractivity (Wildman–Crippen MR) is 54.9 cm³/mol. The molecule has 0 saturated carbocycles. The summed E-state index contributed by atoms with van der Waals surface area (Å²) in [5, 5.41) is 32.9. The van der Waals surface area contributed by atoms with E-state index in [1.165, 1.54) is 0 Å². The maximum absolute atomic E-state index is 8.56. The highest BCUT2D eigenvalue weighted by Crippen LogP contribution is 2.15. The molecule has 0 aromatic heterocycles. The Morgan fingerprint density at radius 1 is 1.17 bits per heavy atom. The molecule has 0 heterocycles. The molecular formula is C7H17IO4. The van der Waals surface area contributed by atoms with Crippen LogP contribution < -0.4 is 0 Å².